The second-order valence-corrected chi connectivity index (χ2v) is 7.06. The van der Waals surface area contributed by atoms with Gasteiger partial charge in [-0.05, 0) is 25.9 Å². The van der Waals surface area contributed by atoms with E-state index in [1.54, 1.807) is 11.3 Å². The number of hydrogen-bond donors (Lipinski definition) is 1. The van der Waals surface area contributed by atoms with Gasteiger partial charge in [-0.1, -0.05) is 6.92 Å². The smallest absolute Gasteiger partial charge is 0.193 e. The summed E-state index contributed by atoms with van der Waals surface area (Å²) in [5.74, 6) is 0.937. The molecule has 0 bridgehead atoms. The van der Waals surface area contributed by atoms with Gasteiger partial charge in [0.25, 0.3) is 0 Å². The fraction of sp³-hybridized carbons (Fsp3) is 0.750. The first-order chi connectivity index (χ1) is 11.0. The van der Waals surface area contributed by atoms with Crippen molar-refractivity contribution in [2.75, 3.05) is 52.7 Å². The van der Waals surface area contributed by atoms with Crippen molar-refractivity contribution in [3.63, 3.8) is 0 Å². The van der Waals surface area contributed by atoms with Crippen LogP contribution in [0.25, 0.3) is 0 Å². The number of aliphatic imine (C=N–C) groups is 1. The Hall–Kier alpha value is -1.34. The molecule has 1 N–H and O–H groups in total. The summed E-state index contributed by atoms with van der Waals surface area (Å²) in [6, 6.07) is 0.642. The van der Waals surface area contributed by atoms with E-state index in [2.05, 4.69) is 44.4 Å². The quantitative estimate of drug-likeness (QED) is 0.632. The molecule has 7 heteroatoms. The third kappa shape index (κ3) is 4.81. The van der Waals surface area contributed by atoms with E-state index in [9.17, 15) is 0 Å². The Kier molecular flexibility index (Phi) is 6.65. The van der Waals surface area contributed by atoms with Crippen LogP contribution in [0, 0.1) is 0 Å². The lowest BCUT2D eigenvalue weighted by molar-refractivity contribution is 0.232. The average Bonchev–Trinajstić information content (AvgIpc) is 3.16. The molecule has 2 rings (SSSR count). The Bertz CT molecular complexity index is 512. The van der Waals surface area contributed by atoms with Crippen molar-refractivity contribution in [2.24, 2.45) is 4.99 Å². The topological polar surface area (TPSA) is 47.0 Å². The number of thiazole rings is 1. The van der Waals surface area contributed by atoms with Gasteiger partial charge in [0.1, 0.15) is 0 Å². The lowest BCUT2D eigenvalue weighted by atomic mass is 10.2. The van der Waals surface area contributed by atoms with Gasteiger partial charge in [0.15, 0.2) is 11.1 Å². The summed E-state index contributed by atoms with van der Waals surface area (Å²) >= 11 is 1.67. The number of anilines is 1. The molecular weight excluding hydrogens is 308 g/mol. The molecule has 23 heavy (non-hydrogen) atoms. The second kappa shape index (κ2) is 8.49. The summed E-state index contributed by atoms with van der Waals surface area (Å²) < 4.78 is 0. The molecule has 0 aromatic carbocycles. The third-order valence-corrected chi connectivity index (χ3v) is 5.37. The zero-order valence-corrected chi connectivity index (χ0v) is 15.9. The molecule has 1 saturated heterocycles. The molecule has 0 spiro atoms. The van der Waals surface area contributed by atoms with Gasteiger partial charge < -0.3 is 15.1 Å². The number of likely N-dealkylation sites (N-methyl/N-ethyl adjacent to an activating group) is 2. The minimum absolute atomic E-state index is 0.642. The van der Waals surface area contributed by atoms with Crippen LogP contribution in [-0.2, 0) is 6.54 Å². The lowest BCUT2D eigenvalue weighted by Crippen LogP contribution is -2.45. The van der Waals surface area contributed by atoms with E-state index in [1.807, 2.05) is 26.0 Å². The predicted molar refractivity (Wildman–Crippen MR) is 99.5 cm³/mol. The minimum atomic E-state index is 0.642. The van der Waals surface area contributed by atoms with Crippen molar-refractivity contribution in [2.45, 2.75) is 32.4 Å². The van der Waals surface area contributed by atoms with E-state index >= 15 is 0 Å². The minimum Gasteiger partial charge on any atom is -0.354 e. The second-order valence-electron chi connectivity index (χ2n) is 6.22. The molecular formula is C16H30N6S. The monoisotopic (exact) mass is 338 g/mol. The Morgan fingerprint density at radius 3 is 2.87 bits per heavy atom. The highest BCUT2D eigenvalue weighted by atomic mass is 32.1. The number of nitrogens with one attached hydrogen (secondary N) is 1. The van der Waals surface area contributed by atoms with Gasteiger partial charge in [-0.2, -0.15) is 0 Å². The van der Waals surface area contributed by atoms with Gasteiger partial charge in [-0.15, -0.1) is 11.3 Å². The fourth-order valence-electron chi connectivity index (χ4n) is 3.06. The van der Waals surface area contributed by atoms with Crippen molar-refractivity contribution in [3.05, 3.63) is 11.1 Å². The number of guanidine groups is 1. The number of rotatable bonds is 6. The average molecular weight is 339 g/mol. The van der Waals surface area contributed by atoms with Crippen LogP contribution in [0.15, 0.2) is 10.4 Å². The van der Waals surface area contributed by atoms with Crippen molar-refractivity contribution < 1.29 is 0 Å². The van der Waals surface area contributed by atoms with Gasteiger partial charge in [0, 0.05) is 46.2 Å². The van der Waals surface area contributed by atoms with E-state index in [-0.39, 0.29) is 0 Å². The summed E-state index contributed by atoms with van der Waals surface area (Å²) in [7, 11) is 8.00. The number of hydrogen-bond acceptors (Lipinski definition) is 5. The third-order valence-electron chi connectivity index (χ3n) is 4.31. The van der Waals surface area contributed by atoms with Gasteiger partial charge in [-0.3, -0.25) is 9.89 Å². The zero-order valence-electron chi connectivity index (χ0n) is 15.0. The Morgan fingerprint density at radius 2 is 2.26 bits per heavy atom. The molecule has 2 heterocycles. The Labute approximate surface area is 144 Å². The van der Waals surface area contributed by atoms with Gasteiger partial charge in [0.2, 0.25) is 0 Å². The molecule has 1 aromatic rings. The molecule has 0 amide bonds. The van der Waals surface area contributed by atoms with Crippen LogP contribution in [0.4, 0.5) is 5.13 Å². The first-order valence-corrected chi connectivity index (χ1v) is 9.20. The summed E-state index contributed by atoms with van der Waals surface area (Å²) in [6.45, 7) is 6.34. The maximum absolute atomic E-state index is 4.60. The standard InChI is InChI=1S/C16H30N6S/c1-6-22-9-7-8-14(22)11-21(5)15(17-2)18-10-13-12-23-16(19-13)20(3)4/h12,14H,6-11H2,1-5H3,(H,17,18). The molecule has 0 radical (unpaired) electrons. The highest BCUT2D eigenvalue weighted by Gasteiger charge is 2.24. The van der Waals surface area contributed by atoms with E-state index < -0.39 is 0 Å². The van der Waals surface area contributed by atoms with Crippen LogP contribution in [-0.4, -0.2) is 74.6 Å². The van der Waals surface area contributed by atoms with Crippen LogP contribution in [0.5, 0.6) is 0 Å². The zero-order chi connectivity index (χ0) is 16.8. The first-order valence-electron chi connectivity index (χ1n) is 8.32. The molecule has 6 nitrogen and oxygen atoms in total. The summed E-state index contributed by atoms with van der Waals surface area (Å²) in [5.41, 5.74) is 1.06. The van der Waals surface area contributed by atoms with Crippen LogP contribution >= 0.6 is 11.3 Å². The van der Waals surface area contributed by atoms with E-state index in [0.717, 1.165) is 29.9 Å². The van der Waals surface area contributed by atoms with Gasteiger partial charge in [-0.25, -0.2) is 4.98 Å². The maximum atomic E-state index is 4.60. The molecule has 1 aliphatic rings. The fourth-order valence-corrected chi connectivity index (χ4v) is 3.82. The SMILES string of the molecule is CCN1CCCC1CN(C)C(=NC)NCc1csc(N(C)C)n1. The van der Waals surface area contributed by atoms with Crippen molar-refractivity contribution in [3.8, 4) is 0 Å². The van der Waals surface area contributed by atoms with Gasteiger partial charge >= 0.3 is 0 Å². The van der Waals surface area contributed by atoms with Gasteiger partial charge in [0.05, 0.1) is 12.2 Å². The molecule has 1 unspecified atom stereocenters. The van der Waals surface area contributed by atoms with Crippen LogP contribution in [0.2, 0.25) is 0 Å². The number of aromatic nitrogens is 1. The number of likely N-dealkylation sites (tertiary alicyclic amines) is 1. The van der Waals surface area contributed by atoms with Crippen LogP contribution in [0.1, 0.15) is 25.5 Å². The molecule has 1 atom stereocenters. The van der Waals surface area contributed by atoms with E-state index in [0.29, 0.717) is 12.6 Å². The van der Waals surface area contributed by atoms with Crippen molar-refractivity contribution in [1.82, 2.24) is 20.1 Å². The van der Waals surface area contributed by atoms with Crippen molar-refractivity contribution >= 4 is 22.4 Å². The highest BCUT2D eigenvalue weighted by Crippen LogP contribution is 2.18. The van der Waals surface area contributed by atoms with E-state index in [4.69, 9.17) is 0 Å². The highest BCUT2D eigenvalue weighted by molar-refractivity contribution is 7.13. The van der Waals surface area contributed by atoms with Crippen LogP contribution in [0.3, 0.4) is 0 Å². The molecule has 1 aliphatic heterocycles. The first kappa shape index (κ1) is 18.0. The van der Waals surface area contributed by atoms with E-state index in [1.165, 1.54) is 19.4 Å². The maximum Gasteiger partial charge on any atom is 0.193 e. The molecule has 1 aromatic heterocycles. The van der Waals surface area contributed by atoms with Crippen LogP contribution < -0.4 is 10.2 Å². The number of nitrogens with zero attached hydrogens (tertiary/aromatic N) is 5. The van der Waals surface area contributed by atoms with Crippen molar-refractivity contribution in [1.29, 1.82) is 0 Å². The molecule has 0 aliphatic carbocycles. The predicted octanol–water partition coefficient (Wildman–Crippen LogP) is 1.70. The lowest BCUT2D eigenvalue weighted by Gasteiger charge is -2.29. The summed E-state index contributed by atoms with van der Waals surface area (Å²) in [4.78, 5) is 15.9. The molecule has 1 fully saturated rings. The largest absolute Gasteiger partial charge is 0.354 e. The Balaban J connectivity index is 1.86. The summed E-state index contributed by atoms with van der Waals surface area (Å²) in [6.07, 6.45) is 2.60. The normalized spacial score (nSPS) is 19.2. The summed E-state index contributed by atoms with van der Waals surface area (Å²) in [5, 5.41) is 6.57. The molecule has 0 saturated carbocycles. The molecule has 130 valence electrons. The Morgan fingerprint density at radius 1 is 1.48 bits per heavy atom.